The number of methoxy groups -OCH3 is 1. The molecule has 1 heterocycles. The first-order valence-corrected chi connectivity index (χ1v) is 10.4. The van der Waals surface area contributed by atoms with Gasteiger partial charge in [-0.3, -0.25) is 4.79 Å². The lowest BCUT2D eigenvalue weighted by molar-refractivity contribution is -0.147. The molecule has 3 aromatic carbocycles. The monoisotopic (exact) mass is 401 g/mol. The summed E-state index contributed by atoms with van der Waals surface area (Å²) < 4.78 is 11.6. The van der Waals surface area contributed by atoms with Crippen molar-refractivity contribution in [1.29, 1.82) is 0 Å². The lowest BCUT2D eigenvalue weighted by Crippen LogP contribution is -2.45. The normalized spacial score (nSPS) is 19.0. The van der Waals surface area contributed by atoms with Gasteiger partial charge in [0.15, 0.2) is 0 Å². The van der Waals surface area contributed by atoms with Crippen LogP contribution in [0.5, 0.6) is 5.75 Å². The third-order valence-corrected chi connectivity index (χ3v) is 5.61. The molecule has 4 heteroatoms. The van der Waals surface area contributed by atoms with Gasteiger partial charge in [-0.05, 0) is 35.2 Å². The molecule has 30 heavy (non-hydrogen) atoms. The Labute approximate surface area is 178 Å². The first kappa shape index (κ1) is 20.2. The zero-order chi connectivity index (χ0) is 20.8. The van der Waals surface area contributed by atoms with E-state index in [1.165, 1.54) is 0 Å². The summed E-state index contributed by atoms with van der Waals surface area (Å²) in [6, 6.07) is 28.2. The molecule has 0 aliphatic carbocycles. The van der Waals surface area contributed by atoms with Crippen molar-refractivity contribution in [3.8, 4) is 5.75 Å². The number of carbonyl (C=O) groups is 1. The number of likely N-dealkylation sites (tertiary alicyclic amines) is 1. The van der Waals surface area contributed by atoms with Crippen LogP contribution in [0.3, 0.4) is 0 Å². The second kappa shape index (κ2) is 9.59. The molecule has 0 radical (unpaired) electrons. The van der Waals surface area contributed by atoms with Crippen molar-refractivity contribution in [2.24, 2.45) is 0 Å². The second-order valence-electron chi connectivity index (χ2n) is 7.60. The maximum atomic E-state index is 13.0. The van der Waals surface area contributed by atoms with Crippen molar-refractivity contribution in [1.82, 2.24) is 4.90 Å². The third kappa shape index (κ3) is 4.71. The number of nitrogens with zero attached hydrogens (tertiary/aromatic N) is 1. The molecule has 0 N–H and O–H groups in total. The highest BCUT2D eigenvalue weighted by Crippen LogP contribution is 2.35. The molecule has 0 aromatic heterocycles. The minimum atomic E-state index is -0.113. The van der Waals surface area contributed by atoms with Crippen LogP contribution in [-0.2, 0) is 22.7 Å². The number of piperidine rings is 1. The predicted octanol–water partition coefficient (Wildman–Crippen LogP) is 5.14. The molecule has 1 amide bonds. The Bertz CT molecular complexity index is 941. The Hall–Kier alpha value is -3.11. The predicted molar refractivity (Wildman–Crippen MR) is 117 cm³/mol. The van der Waals surface area contributed by atoms with Crippen LogP contribution < -0.4 is 4.74 Å². The number of ether oxygens (including phenoxy) is 2. The van der Waals surface area contributed by atoms with Crippen LogP contribution in [-0.4, -0.2) is 24.0 Å². The van der Waals surface area contributed by atoms with Crippen molar-refractivity contribution in [3.63, 3.8) is 0 Å². The van der Waals surface area contributed by atoms with Crippen LogP contribution in [0.2, 0.25) is 0 Å². The van der Waals surface area contributed by atoms with E-state index in [2.05, 4.69) is 24.3 Å². The van der Waals surface area contributed by atoms with Crippen LogP contribution in [0.4, 0.5) is 0 Å². The fourth-order valence-electron chi connectivity index (χ4n) is 4.03. The molecule has 1 saturated heterocycles. The van der Waals surface area contributed by atoms with E-state index in [1.807, 2.05) is 65.6 Å². The number of hydrogen-bond acceptors (Lipinski definition) is 3. The number of benzene rings is 3. The molecule has 4 rings (SSSR count). The summed E-state index contributed by atoms with van der Waals surface area (Å²) in [6.45, 7) is 1.09. The van der Waals surface area contributed by atoms with Gasteiger partial charge in [0, 0.05) is 13.0 Å². The fraction of sp³-hybridized carbons (Fsp3) is 0.269. The standard InChI is InChI=1S/C26H27NO3/c1-29-23-14-12-20(13-15-23)18-27-25(28)17-16-24(26(27)22-10-6-3-7-11-22)30-19-21-8-4-2-5-9-21/h2-15,24,26H,16-19H2,1H3/t24-,26+/m0/s1. The van der Waals surface area contributed by atoms with Gasteiger partial charge in [-0.2, -0.15) is 0 Å². The average molecular weight is 402 g/mol. The van der Waals surface area contributed by atoms with E-state index >= 15 is 0 Å². The summed E-state index contributed by atoms with van der Waals surface area (Å²) in [4.78, 5) is 14.9. The van der Waals surface area contributed by atoms with E-state index in [1.54, 1.807) is 7.11 Å². The minimum absolute atomic E-state index is 0.0523. The summed E-state index contributed by atoms with van der Waals surface area (Å²) in [5, 5.41) is 0. The maximum absolute atomic E-state index is 13.0. The molecule has 0 saturated carbocycles. The molecular formula is C26H27NO3. The number of hydrogen-bond donors (Lipinski definition) is 0. The van der Waals surface area contributed by atoms with Crippen molar-refractivity contribution in [2.45, 2.75) is 38.1 Å². The Morgan fingerprint density at radius 2 is 1.53 bits per heavy atom. The first-order chi connectivity index (χ1) is 14.7. The maximum Gasteiger partial charge on any atom is 0.223 e. The SMILES string of the molecule is COc1ccc(CN2C(=O)CC[C@H](OCc3ccccc3)[C@H]2c2ccccc2)cc1. The van der Waals surface area contributed by atoms with Gasteiger partial charge in [-0.15, -0.1) is 0 Å². The van der Waals surface area contributed by atoms with Crippen molar-refractivity contribution >= 4 is 5.91 Å². The van der Waals surface area contributed by atoms with E-state index in [-0.39, 0.29) is 18.1 Å². The second-order valence-corrected chi connectivity index (χ2v) is 7.60. The number of rotatable bonds is 7. The quantitative estimate of drug-likeness (QED) is 0.550. The zero-order valence-electron chi connectivity index (χ0n) is 17.2. The number of carbonyl (C=O) groups excluding carboxylic acids is 1. The van der Waals surface area contributed by atoms with Crippen LogP contribution in [0.25, 0.3) is 0 Å². The van der Waals surface area contributed by atoms with E-state index in [9.17, 15) is 4.79 Å². The van der Waals surface area contributed by atoms with Crippen LogP contribution in [0, 0.1) is 0 Å². The molecule has 1 fully saturated rings. The lowest BCUT2D eigenvalue weighted by atomic mass is 9.91. The highest BCUT2D eigenvalue weighted by Gasteiger charge is 2.37. The summed E-state index contributed by atoms with van der Waals surface area (Å²) >= 11 is 0. The zero-order valence-corrected chi connectivity index (χ0v) is 17.2. The Kier molecular flexibility index (Phi) is 6.45. The van der Waals surface area contributed by atoms with Gasteiger partial charge in [-0.1, -0.05) is 72.8 Å². The molecule has 2 atom stereocenters. The molecule has 0 spiro atoms. The minimum Gasteiger partial charge on any atom is -0.497 e. The highest BCUT2D eigenvalue weighted by molar-refractivity contribution is 5.78. The summed E-state index contributed by atoms with van der Waals surface area (Å²) in [5.41, 5.74) is 3.33. The van der Waals surface area contributed by atoms with E-state index in [4.69, 9.17) is 9.47 Å². The molecule has 0 bridgehead atoms. The van der Waals surface area contributed by atoms with Crippen molar-refractivity contribution < 1.29 is 14.3 Å². The van der Waals surface area contributed by atoms with E-state index < -0.39 is 0 Å². The molecule has 0 unspecified atom stereocenters. The molecule has 1 aliphatic rings. The average Bonchev–Trinajstić information content (AvgIpc) is 2.81. The van der Waals surface area contributed by atoms with Gasteiger partial charge in [0.25, 0.3) is 0 Å². The summed E-state index contributed by atoms with van der Waals surface area (Å²) in [6.07, 6.45) is 1.17. The molecule has 154 valence electrons. The Balaban J connectivity index is 1.59. The van der Waals surface area contributed by atoms with E-state index in [0.29, 0.717) is 19.6 Å². The summed E-state index contributed by atoms with van der Waals surface area (Å²) in [5.74, 6) is 0.978. The highest BCUT2D eigenvalue weighted by atomic mass is 16.5. The smallest absolute Gasteiger partial charge is 0.223 e. The lowest BCUT2D eigenvalue weighted by Gasteiger charge is -2.41. The molecular weight excluding hydrogens is 374 g/mol. The van der Waals surface area contributed by atoms with Gasteiger partial charge in [0.2, 0.25) is 5.91 Å². The largest absolute Gasteiger partial charge is 0.497 e. The van der Waals surface area contributed by atoms with Crippen LogP contribution in [0.1, 0.15) is 35.6 Å². The summed E-state index contributed by atoms with van der Waals surface area (Å²) in [7, 11) is 1.66. The molecule has 1 aliphatic heterocycles. The topological polar surface area (TPSA) is 38.8 Å². The third-order valence-electron chi connectivity index (χ3n) is 5.61. The molecule has 3 aromatic rings. The van der Waals surface area contributed by atoms with Crippen molar-refractivity contribution in [2.75, 3.05) is 7.11 Å². The fourth-order valence-corrected chi connectivity index (χ4v) is 4.03. The van der Waals surface area contributed by atoms with Gasteiger partial charge < -0.3 is 14.4 Å². The Morgan fingerprint density at radius 1 is 0.867 bits per heavy atom. The first-order valence-electron chi connectivity index (χ1n) is 10.4. The van der Waals surface area contributed by atoms with Gasteiger partial charge in [0.05, 0.1) is 25.9 Å². The van der Waals surface area contributed by atoms with Crippen LogP contribution >= 0.6 is 0 Å². The van der Waals surface area contributed by atoms with Crippen molar-refractivity contribution in [3.05, 3.63) is 102 Å². The van der Waals surface area contributed by atoms with Gasteiger partial charge in [-0.25, -0.2) is 0 Å². The van der Waals surface area contributed by atoms with E-state index in [0.717, 1.165) is 28.9 Å². The number of amides is 1. The van der Waals surface area contributed by atoms with Gasteiger partial charge >= 0.3 is 0 Å². The Morgan fingerprint density at radius 3 is 2.20 bits per heavy atom. The van der Waals surface area contributed by atoms with Gasteiger partial charge in [0.1, 0.15) is 5.75 Å². The molecule has 4 nitrogen and oxygen atoms in total. The van der Waals surface area contributed by atoms with Crippen LogP contribution in [0.15, 0.2) is 84.9 Å².